The van der Waals surface area contributed by atoms with Crippen LogP contribution in [0, 0.1) is 0 Å². The summed E-state index contributed by atoms with van der Waals surface area (Å²) in [6.07, 6.45) is 4.70. The van der Waals surface area contributed by atoms with Gasteiger partial charge in [-0.25, -0.2) is 13.4 Å². The first kappa shape index (κ1) is 14.9. The zero-order valence-electron chi connectivity index (χ0n) is 11.4. The highest BCUT2D eigenvalue weighted by molar-refractivity contribution is 7.88. The molecule has 2 aliphatic rings. The molecule has 0 amide bonds. The van der Waals surface area contributed by atoms with E-state index in [0.717, 1.165) is 19.4 Å². The number of hydrogen-bond acceptors (Lipinski definition) is 4. The minimum Gasteiger partial charge on any atom is -0.258 e. The lowest BCUT2D eigenvalue weighted by molar-refractivity contribution is -0.0586. The number of sulfonamides is 1. The van der Waals surface area contributed by atoms with Gasteiger partial charge in [-0.2, -0.15) is 4.31 Å². The number of rotatable bonds is 2. The number of piperazine rings is 1. The van der Waals surface area contributed by atoms with Crippen LogP contribution in [0.5, 0.6) is 0 Å². The van der Waals surface area contributed by atoms with Crippen LogP contribution in [0.2, 0.25) is 0 Å². The topological polar surface area (TPSA) is 52.6 Å². The zero-order valence-corrected chi connectivity index (χ0v) is 12.2. The first-order valence-corrected chi connectivity index (χ1v) is 8.23. The molecule has 5 nitrogen and oxygen atoms in total. The summed E-state index contributed by atoms with van der Waals surface area (Å²) in [5.41, 5.74) is 3.25. The number of hydrogen-bond donors (Lipinski definition) is 1. The van der Waals surface area contributed by atoms with E-state index >= 15 is 0 Å². The molecule has 6 heteroatoms. The summed E-state index contributed by atoms with van der Waals surface area (Å²) >= 11 is 0. The smallest absolute Gasteiger partial charge is 0.211 e. The largest absolute Gasteiger partial charge is 0.258 e. The average molecular weight is 263 g/mol. The van der Waals surface area contributed by atoms with Gasteiger partial charge in [-0.1, -0.05) is 13.8 Å². The van der Waals surface area contributed by atoms with Gasteiger partial charge < -0.3 is 0 Å². The Morgan fingerprint density at radius 3 is 2.12 bits per heavy atom. The Balaban J connectivity index is 0.000000686. The normalized spacial score (nSPS) is 24.9. The molecule has 0 aromatic rings. The van der Waals surface area contributed by atoms with Crippen molar-refractivity contribution in [1.29, 1.82) is 0 Å². The lowest BCUT2D eigenvalue weighted by Crippen LogP contribution is -2.69. The molecule has 2 rings (SSSR count). The van der Waals surface area contributed by atoms with Crippen LogP contribution < -0.4 is 5.43 Å². The third kappa shape index (κ3) is 2.99. The van der Waals surface area contributed by atoms with Gasteiger partial charge in [0.25, 0.3) is 0 Å². The van der Waals surface area contributed by atoms with E-state index in [9.17, 15) is 8.42 Å². The highest BCUT2D eigenvalue weighted by Crippen LogP contribution is 2.39. The Labute approximate surface area is 105 Å². The first-order chi connectivity index (χ1) is 7.98. The highest BCUT2D eigenvalue weighted by atomic mass is 32.2. The molecule has 102 valence electrons. The molecule has 0 atom stereocenters. The Bertz CT molecular complexity index is 339. The maximum atomic E-state index is 11.5. The van der Waals surface area contributed by atoms with Gasteiger partial charge in [0.05, 0.1) is 6.26 Å². The molecular weight excluding hydrogens is 238 g/mol. The summed E-state index contributed by atoms with van der Waals surface area (Å²) in [5.74, 6) is 0. The van der Waals surface area contributed by atoms with Crippen molar-refractivity contribution < 1.29 is 8.42 Å². The zero-order chi connectivity index (χ0) is 13.1. The molecule has 1 N–H and O–H groups in total. The fourth-order valence-electron chi connectivity index (χ4n) is 2.59. The van der Waals surface area contributed by atoms with Crippen molar-refractivity contribution in [2.24, 2.45) is 0 Å². The molecule has 1 aliphatic carbocycles. The lowest BCUT2D eigenvalue weighted by atomic mass is 9.75. The minimum absolute atomic E-state index is 0.0656. The predicted octanol–water partition coefficient (Wildman–Crippen LogP) is 0.647. The fraction of sp³-hybridized carbons (Fsp3) is 1.00. The number of hydrazine groups is 1. The van der Waals surface area contributed by atoms with Crippen molar-refractivity contribution in [3.8, 4) is 0 Å². The van der Waals surface area contributed by atoms with Crippen molar-refractivity contribution in [3.63, 3.8) is 0 Å². The summed E-state index contributed by atoms with van der Waals surface area (Å²) in [7, 11) is -1.11. The molecule has 1 heterocycles. The van der Waals surface area contributed by atoms with Crippen LogP contribution in [0.4, 0.5) is 0 Å². The van der Waals surface area contributed by atoms with Crippen molar-refractivity contribution in [2.75, 3.05) is 32.9 Å². The predicted molar refractivity (Wildman–Crippen MR) is 70.1 cm³/mol. The summed E-state index contributed by atoms with van der Waals surface area (Å²) in [6.45, 7) is 6.03. The second-order valence-corrected chi connectivity index (χ2v) is 6.53. The molecule has 1 saturated heterocycles. The Kier molecular flexibility index (Phi) is 4.95. The molecule has 0 aromatic heterocycles. The standard InChI is InChI=1S/C9H19N3O2S.C2H6/c1-10-12-7-6-11(15(2,13)14)8-9(12)4-3-5-9;1-2/h10H,3-8H2,1-2H3;1-2H3. The second-order valence-electron chi connectivity index (χ2n) is 4.55. The fourth-order valence-corrected chi connectivity index (χ4v) is 3.47. The minimum atomic E-state index is -3.03. The van der Waals surface area contributed by atoms with Gasteiger partial charge in [0.15, 0.2) is 0 Å². The number of nitrogens with zero attached hydrogens (tertiary/aromatic N) is 2. The van der Waals surface area contributed by atoms with Gasteiger partial charge >= 0.3 is 0 Å². The molecule has 1 saturated carbocycles. The van der Waals surface area contributed by atoms with Crippen molar-refractivity contribution in [2.45, 2.75) is 38.6 Å². The Morgan fingerprint density at radius 2 is 1.76 bits per heavy atom. The van der Waals surface area contributed by atoms with E-state index in [1.807, 2.05) is 20.9 Å². The van der Waals surface area contributed by atoms with E-state index in [1.165, 1.54) is 12.7 Å². The quantitative estimate of drug-likeness (QED) is 0.795. The van der Waals surface area contributed by atoms with Gasteiger partial charge in [-0.15, -0.1) is 0 Å². The van der Waals surface area contributed by atoms with E-state index in [1.54, 1.807) is 4.31 Å². The van der Waals surface area contributed by atoms with Crippen LogP contribution in [0.25, 0.3) is 0 Å². The summed E-state index contributed by atoms with van der Waals surface area (Å²) in [5, 5.41) is 2.21. The summed E-state index contributed by atoms with van der Waals surface area (Å²) in [6, 6.07) is 0. The molecule has 0 aromatic carbocycles. The second kappa shape index (κ2) is 5.65. The first-order valence-electron chi connectivity index (χ1n) is 6.38. The monoisotopic (exact) mass is 263 g/mol. The van der Waals surface area contributed by atoms with Crippen LogP contribution in [-0.4, -0.2) is 56.2 Å². The van der Waals surface area contributed by atoms with Crippen molar-refractivity contribution in [3.05, 3.63) is 0 Å². The van der Waals surface area contributed by atoms with Gasteiger partial charge in [-0.05, 0) is 26.3 Å². The third-order valence-corrected chi connectivity index (χ3v) is 4.89. The van der Waals surface area contributed by atoms with Gasteiger partial charge in [0, 0.05) is 25.2 Å². The average Bonchev–Trinajstić information content (AvgIpc) is 2.27. The Hall–Kier alpha value is -0.170. The van der Waals surface area contributed by atoms with Crippen molar-refractivity contribution >= 4 is 10.0 Å². The lowest BCUT2D eigenvalue weighted by Gasteiger charge is -2.54. The van der Waals surface area contributed by atoms with Crippen LogP contribution >= 0.6 is 0 Å². The summed E-state index contributed by atoms with van der Waals surface area (Å²) in [4.78, 5) is 0. The molecule has 2 fully saturated rings. The Morgan fingerprint density at radius 1 is 1.18 bits per heavy atom. The molecule has 17 heavy (non-hydrogen) atoms. The maximum Gasteiger partial charge on any atom is 0.211 e. The summed E-state index contributed by atoms with van der Waals surface area (Å²) < 4.78 is 24.6. The molecule has 1 spiro atoms. The molecule has 0 radical (unpaired) electrons. The van der Waals surface area contributed by atoms with Gasteiger partial charge in [0.2, 0.25) is 10.0 Å². The van der Waals surface area contributed by atoms with E-state index in [-0.39, 0.29) is 5.54 Å². The van der Waals surface area contributed by atoms with Crippen molar-refractivity contribution in [1.82, 2.24) is 14.7 Å². The van der Waals surface area contributed by atoms with Gasteiger partial charge in [-0.3, -0.25) is 5.43 Å². The van der Waals surface area contributed by atoms with Crippen LogP contribution in [-0.2, 0) is 10.0 Å². The van der Waals surface area contributed by atoms with Crippen LogP contribution in [0.1, 0.15) is 33.1 Å². The molecule has 1 aliphatic heterocycles. The molecular formula is C11H25N3O2S. The van der Waals surface area contributed by atoms with E-state index in [2.05, 4.69) is 10.4 Å². The van der Waals surface area contributed by atoms with Crippen LogP contribution in [0.3, 0.4) is 0 Å². The SMILES string of the molecule is CC.CNN1CCN(S(C)(=O)=O)CC12CCC2. The third-order valence-electron chi connectivity index (χ3n) is 3.64. The van der Waals surface area contributed by atoms with E-state index in [0.29, 0.717) is 13.1 Å². The maximum absolute atomic E-state index is 11.5. The molecule has 0 unspecified atom stereocenters. The van der Waals surface area contributed by atoms with Gasteiger partial charge in [0.1, 0.15) is 0 Å². The van der Waals surface area contributed by atoms with E-state index in [4.69, 9.17) is 0 Å². The highest BCUT2D eigenvalue weighted by Gasteiger charge is 2.47. The number of nitrogens with one attached hydrogen (secondary N) is 1. The molecule has 0 bridgehead atoms. The van der Waals surface area contributed by atoms with Crippen LogP contribution in [0.15, 0.2) is 0 Å². The van der Waals surface area contributed by atoms with E-state index < -0.39 is 10.0 Å².